The summed E-state index contributed by atoms with van der Waals surface area (Å²) in [5, 5.41) is 0.221. The third-order valence-electron chi connectivity index (χ3n) is 8.11. The number of aromatic nitrogens is 1. The average Bonchev–Trinajstić information content (AvgIpc) is 3.51. The van der Waals surface area contributed by atoms with E-state index >= 15 is 0 Å². The molecule has 1 aliphatic carbocycles. The van der Waals surface area contributed by atoms with E-state index in [-0.39, 0.29) is 11.1 Å². The number of esters is 6. The number of fused-ring (bicyclic) bond motifs is 3. The lowest BCUT2D eigenvalue weighted by atomic mass is 9.76. The second kappa shape index (κ2) is 10.2. The zero-order valence-electron chi connectivity index (χ0n) is 23.6. The van der Waals surface area contributed by atoms with Crippen LogP contribution in [-0.2, 0) is 64.2 Å². The number of ether oxygens (including phenoxy) is 7. The maximum absolute atomic E-state index is 14.0. The molecule has 0 spiro atoms. The minimum absolute atomic E-state index is 0.221. The van der Waals surface area contributed by atoms with Gasteiger partial charge in [0.05, 0.1) is 59.7 Å². The lowest BCUT2D eigenvalue weighted by molar-refractivity contribution is -0.179. The number of carbonyl (C=O) groups is 6. The van der Waals surface area contributed by atoms with Crippen LogP contribution >= 0.6 is 0 Å². The molecule has 2 aromatic rings. The largest absolute Gasteiger partial charge is 0.468 e. The highest BCUT2D eigenvalue weighted by Gasteiger charge is 2.98. The van der Waals surface area contributed by atoms with Crippen LogP contribution in [0.1, 0.15) is 11.5 Å². The zero-order chi connectivity index (χ0) is 31.4. The number of carbonyl (C=O) groups excluding carboxylic acids is 6. The first-order chi connectivity index (χ1) is 19.9. The minimum atomic E-state index is -2.97. The number of nitrogens with zero attached hydrogens (tertiary/aromatic N) is 1. The van der Waals surface area contributed by atoms with Gasteiger partial charge in [0.2, 0.25) is 0 Å². The summed E-state index contributed by atoms with van der Waals surface area (Å²) in [5.74, 6) is -13.3. The van der Waals surface area contributed by atoms with Gasteiger partial charge in [-0.15, -0.1) is 0 Å². The second-order valence-corrected chi connectivity index (χ2v) is 9.48. The molecule has 15 nitrogen and oxygen atoms in total. The third kappa shape index (κ3) is 3.24. The molecule has 0 radical (unpaired) electrons. The summed E-state index contributed by atoms with van der Waals surface area (Å²) < 4.78 is 36.6. The SMILES string of the molecule is COC(=O)C1(C(=O)OC)Oc2c(c(=O)n(C)c3ccccc23)C1C1C(C(=O)OC)(C(=O)OC)C1(C(=O)OC)C(=O)OC. The number of methoxy groups -OCH3 is 6. The number of para-hydroxylation sites is 1. The molecule has 1 fully saturated rings. The molecule has 15 heteroatoms. The molecule has 2 aliphatic rings. The van der Waals surface area contributed by atoms with E-state index < -0.39 is 75.2 Å². The van der Waals surface area contributed by atoms with E-state index in [4.69, 9.17) is 33.2 Å². The molecule has 0 saturated heterocycles. The number of hydrogen-bond donors (Lipinski definition) is 0. The van der Waals surface area contributed by atoms with Crippen molar-refractivity contribution >= 4 is 46.7 Å². The van der Waals surface area contributed by atoms with Crippen molar-refractivity contribution in [2.45, 2.75) is 11.5 Å². The molecule has 2 heterocycles. The van der Waals surface area contributed by atoms with Crippen LogP contribution in [0.25, 0.3) is 10.9 Å². The molecule has 1 aromatic heterocycles. The van der Waals surface area contributed by atoms with Gasteiger partial charge in [-0.25, -0.2) is 9.59 Å². The summed E-state index contributed by atoms with van der Waals surface area (Å²) in [6, 6.07) is 6.28. The molecule has 0 bridgehead atoms. The summed E-state index contributed by atoms with van der Waals surface area (Å²) in [5.41, 5.74) is -9.83. The molecule has 0 amide bonds. The van der Waals surface area contributed by atoms with Crippen LogP contribution in [0.3, 0.4) is 0 Å². The third-order valence-corrected chi connectivity index (χ3v) is 8.11. The molecule has 0 N–H and O–H groups in total. The topological polar surface area (TPSA) is 189 Å². The predicted octanol–water partition coefficient (Wildman–Crippen LogP) is -0.606. The van der Waals surface area contributed by atoms with Crippen molar-refractivity contribution in [3.05, 3.63) is 40.2 Å². The molecule has 4 rings (SSSR count). The lowest BCUT2D eigenvalue weighted by Crippen LogP contribution is -2.56. The molecular formula is C27H27NO14. The van der Waals surface area contributed by atoms with E-state index in [9.17, 15) is 33.6 Å². The summed E-state index contributed by atoms with van der Waals surface area (Å²) in [6.07, 6.45) is 0. The molecule has 224 valence electrons. The van der Waals surface area contributed by atoms with E-state index in [2.05, 4.69) is 0 Å². The van der Waals surface area contributed by atoms with Gasteiger partial charge in [0.1, 0.15) is 5.75 Å². The number of aryl methyl sites for hydroxylation is 1. The Morgan fingerprint density at radius 3 is 1.50 bits per heavy atom. The van der Waals surface area contributed by atoms with E-state index in [0.29, 0.717) is 5.52 Å². The number of rotatable bonds is 7. The van der Waals surface area contributed by atoms with Crippen LogP contribution in [0.2, 0.25) is 0 Å². The van der Waals surface area contributed by atoms with E-state index in [1.54, 1.807) is 18.2 Å². The Hall–Kier alpha value is -4.95. The quantitative estimate of drug-likeness (QED) is 0.226. The number of benzene rings is 1. The van der Waals surface area contributed by atoms with Crippen LogP contribution in [0, 0.1) is 16.7 Å². The van der Waals surface area contributed by atoms with Crippen molar-refractivity contribution in [2.24, 2.45) is 23.8 Å². The first kappa shape index (κ1) is 30.0. The Labute approximate surface area is 237 Å². The van der Waals surface area contributed by atoms with Gasteiger partial charge >= 0.3 is 41.4 Å². The van der Waals surface area contributed by atoms with Crippen LogP contribution < -0.4 is 10.3 Å². The van der Waals surface area contributed by atoms with Gasteiger partial charge in [-0.3, -0.25) is 24.0 Å². The molecule has 1 saturated carbocycles. The molecule has 1 aliphatic heterocycles. The fourth-order valence-corrected chi connectivity index (χ4v) is 6.39. The molecule has 1 aromatic carbocycles. The predicted molar refractivity (Wildman–Crippen MR) is 136 cm³/mol. The maximum atomic E-state index is 14.0. The van der Waals surface area contributed by atoms with E-state index in [1.807, 2.05) is 0 Å². The van der Waals surface area contributed by atoms with Gasteiger partial charge in [-0.1, -0.05) is 12.1 Å². The van der Waals surface area contributed by atoms with Crippen LogP contribution in [0.15, 0.2) is 29.1 Å². The Balaban J connectivity index is 2.29. The van der Waals surface area contributed by atoms with E-state index in [0.717, 1.165) is 47.2 Å². The standard InChI is InChI=1S/C27H27NO14/c1-28-13-11-9-8-10-12(13)16-14(18(28)29)15(27(42-16,23(34)40-6)24(35)41-7)17-25(19(30)36-2,20(31)37-3)26(17,21(32)38-4)22(33)39-5/h8-11,15,17H,1-7H3. The Bertz CT molecular complexity index is 1510. The maximum Gasteiger partial charge on any atom is 0.362 e. The van der Waals surface area contributed by atoms with Gasteiger partial charge in [-0.2, -0.15) is 0 Å². The Kier molecular flexibility index (Phi) is 7.26. The molecule has 1 atom stereocenters. The Morgan fingerprint density at radius 2 is 1.10 bits per heavy atom. The van der Waals surface area contributed by atoms with Crippen molar-refractivity contribution in [1.29, 1.82) is 0 Å². The monoisotopic (exact) mass is 589 g/mol. The first-order valence-electron chi connectivity index (χ1n) is 12.2. The van der Waals surface area contributed by atoms with Gasteiger partial charge < -0.3 is 37.7 Å². The van der Waals surface area contributed by atoms with Gasteiger partial charge in [0.15, 0.2) is 10.8 Å². The lowest BCUT2D eigenvalue weighted by Gasteiger charge is -2.30. The van der Waals surface area contributed by atoms with Crippen molar-refractivity contribution in [3.63, 3.8) is 0 Å². The smallest absolute Gasteiger partial charge is 0.362 e. The van der Waals surface area contributed by atoms with Crippen molar-refractivity contribution in [2.75, 3.05) is 42.7 Å². The van der Waals surface area contributed by atoms with Gasteiger partial charge in [0.25, 0.3) is 5.56 Å². The fourth-order valence-electron chi connectivity index (χ4n) is 6.39. The highest BCUT2D eigenvalue weighted by Crippen LogP contribution is 2.78. The van der Waals surface area contributed by atoms with Gasteiger partial charge in [-0.05, 0) is 12.1 Å². The van der Waals surface area contributed by atoms with Crippen molar-refractivity contribution in [1.82, 2.24) is 4.57 Å². The fraction of sp³-hybridized carbons (Fsp3) is 0.444. The normalized spacial score (nSPS) is 19.0. The minimum Gasteiger partial charge on any atom is -0.468 e. The first-order valence-corrected chi connectivity index (χ1v) is 12.2. The van der Waals surface area contributed by atoms with Gasteiger partial charge in [0, 0.05) is 18.4 Å². The Morgan fingerprint density at radius 1 is 0.690 bits per heavy atom. The average molecular weight is 590 g/mol. The van der Waals surface area contributed by atoms with E-state index in [1.165, 1.54) is 13.1 Å². The molecule has 42 heavy (non-hydrogen) atoms. The highest BCUT2D eigenvalue weighted by atomic mass is 16.6. The second-order valence-electron chi connectivity index (χ2n) is 9.48. The zero-order valence-corrected chi connectivity index (χ0v) is 23.6. The number of pyridine rings is 1. The molecular weight excluding hydrogens is 562 g/mol. The van der Waals surface area contributed by atoms with Crippen molar-refractivity contribution in [3.8, 4) is 5.75 Å². The summed E-state index contributed by atoms with van der Waals surface area (Å²) in [6.45, 7) is 0. The van der Waals surface area contributed by atoms with Crippen LogP contribution in [0.5, 0.6) is 5.75 Å². The summed E-state index contributed by atoms with van der Waals surface area (Å²) in [4.78, 5) is 95.7. The molecule has 1 unspecified atom stereocenters. The number of hydrogen-bond acceptors (Lipinski definition) is 14. The summed E-state index contributed by atoms with van der Waals surface area (Å²) in [7, 11) is 6.64. The van der Waals surface area contributed by atoms with Crippen molar-refractivity contribution < 1.29 is 61.9 Å². The van der Waals surface area contributed by atoms with Crippen LogP contribution in [-0.4, -0.2) is 88.6 Å². The highest BCUT2D eigenvalue weighted by molar-refractivity contribution is 6.23. The van der Waals surface area contributed by atoms with Crippen LogP contribution in [0.4, 0.5) is 0 Å². The summed E-state index contributed by atoms with van der Waals surface area (Å²) >= 11 is 0.